The molecule has 2 rings (SSSR count). The molecule has 4 nitrogen and oxygen atoms in total. The molecule has 0 saturated carbocycles. The normalized spacial score (nSPS) is 11.0. The van der Waals surface area contributed by atoms with Gasteiger partial charge >= 0.3 is 5.97 Å². The number of esters is 1. The second-order valence-corrected chi connectivity index (χ2v) is 6.10. The van der Waals surface area contributed by atoms with Crippen LogP contribution in [0, 0.1) is 0 Å². The van der Waals surface area contributed by atoms with E-state index in [2.05, 4.69) is 0 Å². The summed E-state index contributed by atoms with van der Waals surface area (Å²) in [6.07, 6.45) is 0. The summed E-state index contributed by atoms with van der Waals surface area (Å²) in [6.45, 7) is 3.27. The van der Waals surface area contributed by atoms with Crippen molar-refractivity contribution in [1.29, 1.82) is 0 Å². The molecule has 0 bridgehead atoms. The average Bonchev–Trinajstić information content (AvgIpc) is 2.50. The topological polar surface area (TPSA) is 44.8 Å². The van der Waals surface area contributed by atoms with E-state index in [4.69, 9.17) is 37.4 Å². The zero-order chi connectivity index (χ0) is 17.0. The lowest BCUT2D eigenvalue weighted by atomic mass is 10.1. The molecule has 0 aromatic heterocycles. The Morgan fingerprint density at radius 1 is 1.00 bits per heavy atom. The van der Waals surface area contributed by atoms with E-state index in [1.54, 1.807) is 56.3 Å². The van der Waals surface area contributed by atoms with Crippen molar-refractivity contribution in [3.05, 3.63) is 52.5 Å². The molecule has 0 N–H and O–H groups in total. The van der Waals surface area contributed by atoms with Gasteiger partial charge in [-0.15, -0.1) is 0 Å². The standard InChI is InChI=1S/C17H16Cl2O4/c1-17(2,16(20)21-3)23-13-7-5-12(6-8-13)22-15-9-4-11(18)10-14(15)19/h4-10H,1-3H3. The Labute approximate surface area is 144 Å². The summed E-state index contributed by atoms with van der Waals surface area (Å²) in [7, 11) is 1.32. The molecule has 2 aromatic carbocycles. The monoisotopic (exact) mass is 354 g/mol. The van der Waals surface area contributed by atoms with Crippen LogP contribution < -0.4 is 9.47 Å². The van der Waals surface area contributed by atoms with Gasteiger partial charge in [-0.1, -0.05) is 23.2 Å². The second-order valence-electron chi connectivity index (χ2n) is 5.25. The Kier molecular flexibility index (Phi) is 5.39. The number of carbonyl (C=O) groups is 1. The Hall–Kier alpha value is -1.91. The molecule has 0 aliphatic carbocycles. The maximum Gasteiger partial charge on any atom is 0.349 e. The number of carbonyl (C=O) groups excluding carboxylic acids is 1. The summed E-state index contributed by atoms with van der Waals surface area (Å²) >= 11 is 11.9. The minimum Gasteiger partial charge on any atom is -0.476 e. The lowest BCUT2D eigenvalue weighted by Crippen LogP contribution is -2.39. The van der Waals surface area contributed by atoms with Crippen molar-refractivity contribution in [3.8, 4) is 17.2 Å². The van der Waals surface area contributed by atoms with E-state index in [1.165, 1.54) is 7.11 Å². The van der Waals surface area contributed by atoms with Crippen LogP contribution in [0.4, 0.5) is 0 Å². The predicted molar refractivity (Wildman–Crippen MR) is 89.7 cm³/mol. The fourth-order valence-electron chi connectivity index (χ4n) is 1.84. The third kappa shape index (κ3) is 4.53. The molecule has 23 heavy (non-hydrogen) atoms. The quantitative estimate of drug-likeness (QED) is 0.699. The molecule has 0 atom stereocenters. The molecule has 0 amide bonds. The maximum atomic E-state index is 11.6. The van der Waals surface area contributed by atoms with Crippen molar-refractivity contribution in [3.63, 3.8) is 0 Å². The van der Waals surface area contributed by atoms with Gasteiger partial charge in [-0.05, 0) is 56.3 Å². The van der Waals surface area contributed by atoms with E-state index in [-0.39, 0.29) is 0 Å². The molecule has 0 heterocycles. The Bertz CT molecular complexity index is 696. The SMILES string of the molecule is COC(=O)C(C)(C)Oc1ccc(Oc2ccc(Cl)cc2Cl)cc1. The number of benzene rings is 2. The fourth-order valence-corrected chi connectivity index (χ4v) is 2.29. The van der Waals surface area contributed by atoms with Gasteiger partial charge in [0.1, 0.15) is 17.2 Å². The first-order chi connectivity index (χ1) is 10.8. The number of methoxy groups -OCH3 is 1. The molecule has 0 aliphatic heterocycles. The van der Waals surface area contributed by atoms with Crippen LogP contribution in [0.25, 0.3) is 0 Å². The zero-order valence-corrected chi connectivity index (χ0v) is 14.4. The minimum atomic E-state index is -1.07. The van der Waals surface area contributed by atoms with Crippen LogP contribution in [0.3, 0.4) is 0 Å². The van der Waals surface area contributed by atoms with Crippen LogP contribution in [0.15, 0.2) is 42.5 Å². The Balaban J connectivity index is 2.09. The fraction of sp³-hybridized carbons (Fsp3) is 0.235. The van der Waals surface area contributed by atoms with Gasteiger partial charge in [0.25, 0.3) is 0 Å². The van der Waals surface area contributed by atoms with Crippen molar-refractivity contribution < 1.29 is 19.0 Å². The second kappa shape index (κ2) is 7.11. The van der Waals surface area contributed by atoms with E-state index in [1.807, 2.05) is 0 Å². The van der Waals surface area contributed by atoms with E-state index in [9.17, 15) is 4.79 Å². The third-order valence-corrected chi connectivity index (χ3v) is 3.53. The molecule has 0 aliphatic rings. The van der Waals surface area contributed by atoms with Crippen LogP contribution in [0.5, 0.6) is 17.2 Å². The van der Waals surface area contributed by atoms with Crippen LogP contribution in [0.2, 0.25) is 10.0 Å². The predicted octanol–water partition coefficient (Wildman–Crippen LogP) is 5.12. The van der Waals surface area contributed by atoms with Crippen LogP contribution in [-0.4, -0.2) is 18.7 Å². The molecule has 0 fully saturated rings. The highest BCUT2D eigenvalue weighted by Crippen LogP contribution is 2.32. The van der Waals surface area contributed by atoms with Crippen molar-refractivity contribution in [1.82, 2.24) is 0 Å². The van der Waals surface area contributed by atoms with Gasteiger partial charge in [-0.3, -0.25) is 0 Å². The van der Waals surface area contributed by atoms with Gasteiger partial charge in [0.05, 0.1) is 12.1 Å². The van der Waals surface area contributed by atoms with Crippen molar-refractivity contribution in [2.24, 2.45) is 0 Å². The summed E-state index contributed by atoms with van der Waals surface area (Å²) in [5, 5.41) is 0.959. The highest BCUT2D eigenvalue weighted by molar-refractivity contribution is 6.35. The molecule has 0 spiro atoms. The molecule has 0 unspecified atom stereocenters. The average molecular weight is 355 g/mol. The maximum absolute atomic E-state index is 11.6. The van der Waals surface area contributed by atoms with Crippen molar-refractivity contribution in [2.45, 2.75) is 19.4 Å². The summed E-state index contributed by atoms with van der Waals surface area (Å²) in [5.41, 5.74) is -1.07. The molecular weight excluding hydrogens is 339 g/mol. The number of hydrogen-bond acceptors (Lipinski definition) is 4. The molecular formula is C17H16Cl2O4. The van der Waals surface area contributed by atoms with Gasteiger partial charge in [-0.25, -0.2) is 4.79 Å². The smallest absolute Gasteiger partial charge is 0.349 e. The van der Waals surface area contributed by atoms with Gasteiger partial charge in [0.15, 0.2) is 5.60 Å². The molecule has 0 saturated heterocycles. The highest BCUT2D eigenvalue weighted by Gasteiger charge is 2.30. The number of rotatable bonds is 5. The first-order valence-electron chi connectivity index (χ1n) is 6.82. The number of ether oxygens (including phenoxy) is 3. The number of halogens is 2. The van der Waals surface area contributed by atoms with Gasteiger partial charge in [0, 0.05) is 5.02 Å². The highest BCUT2D eigenvalue weighted by atomic mass is 35.5. The van der Waals surface area contributed by atoms with E-state index < -0.39 is 11.6 Å². The summed E-state index contributed by atoms with van der Waals surface area (Å²) < 4.78 is 16.0. The van der Waals surface area contributed by atoms with Gasteiger partial charge in [-0.2, -0.15) is 0 Å². The third-order valence-electron chi connectivity index (χ3n) is 3.00. The molecule has 122 valence electrons. The lowest BCUT2D eigenvalue weighted by Gasteiger charge is -2.23. The van der Waals surface area contributed by atoms with Gasteiger partial charge < -0.3 is 14.2 Å². The molecule has 0 radical (unpaired) electrons. The summed E-state index contributed by atoms with van der Waals surface area (Å²) in [5.74, 6) is 1.15. The summed E-state index contributed by atoms with van der Waals surface area (Å²) in [6, 6.07) is 11.8. The van der Waals surface area contributed by atoms with E-state index >= 15 is 0 Å². The first kappa shape index (κ1) is 17.4. The van der Waals surface area contributed by atoms with E-state index in [0.717, 1.165) is 0 Å². The summed E-state index contributed by atoms with van der Waals surface area (Å²) in [4.78, 5) is 11.6. The van der Waals surface area contributed by atoms with Crippen LogP contribution in [0.1, 0.15) is 13.8 Å². The van der Waals surface area contributed by atoms with Crippen molar-refractivity contribution >= 4 is 29.2 Å². The van der Waals surface area contributed by atoms with Gasteiger partial charge in [0.2, 0.25) is 0 Å². The van der Waals surface area contributed by atoms with Crippen molar-refractivity contribution in [2.75, 3.05) is 7.11 Å². The largest absolute Gasteiger partial charge is 0.476 e. The van der Waals surface area contributed by atoms with Crippen LogP contribution in [-0.2, 0) is 9.53 Å². The zero-order valence-electron chi connectivity index (χ0n) is 12.9. The van der Waals surface area contributed by atoms with Crippen LogP contribution >= 0.6 is 23.2 Å². The Morgan fingerprint density at radius 3 is 2.17 bits per heavy atom. The van der Waals surface area contributed by atoms with E-state index in [0.29, 0.717) is 27.3 Å². The minimum absolute atomic E-state index is 0.421. The molecule has 2 aromatic rings. The molecule has 6 heteroatoms. The lowest BCUT2D eigenvalue weighted by molar-refractivity contribution is -0.156. The Morgan fingerprint density at radius 2 is 1.61 bits per heavy atom. The first-order valence-corrected chi connectivity index (χ1v) is 7.58. The number of hydrogen-bond donors (Lipinski definition) is 0.